The van der Waals surface area contributed by atoms with Crippen molar-refractivity contribution >= 4 is 18.0 Å². The number of rotatable bonds is 13. The number of urea groups is 1. The third-order valence-corrected chi connectivity index (χ3v) is 3.79. The Morgan fingerprint density at radius 1 is 1.14 bits per heavy atom. The largest absolute Gasteiger partial charge is 0.481 e. The minimum absolute atomic E-state index is 0.0588. The number of nitrogens with zero attached hydrogens (tertiary/aromatic N) is 2. The monoisotopic (exact) mass is 402 g/mol. The van der Waals surface area contributed by atoms with Crippen LogP contribution in [0.1, 0.15) is 55.9 Å². The normalized spacial score (nSPS) is 14.1. The average molecular weight is 402 g/mol. The molecule has 0 aliphatic carbocycles. The summed E-state index contributed by atoms with van der Waals surface area (Å²) >= 11 is 0. The summed E-state index contributed by atoms with van der Waals surface area (Å²) in [7, 11) is 0. The highest BCUT2D eigenvalue weighted by Crippen LogP contribution is 2.20. The van der Waals surface area contributed by atoms with Crippen LogP contribution in [0, 0.1) is 0 Å². The van der Waals surface area contributed by atoms with Crippen LogP contribution in [0.3, 0.4) is 0 Å². The fourth-order valence-corrected chi connectivity index (χ4v) is 2.25. The van der Waals surface area contributed by atoms with Crippen molar-refractivity contribution in [1.29, 1.82) is 0 Å². The number of carboxylic acids is 2. The number of carbonyl (C=O) groups is 3. The van der Waals surface area contributed by atoms with Crippen LogP contribution >= 0.6 is 0 Å². The van der Waals surface area contributed by atoms with Crippen LogP contribution in [0.25, 0.3) is 0 Å². The van der Waals surface area contributed by atoms with Crippen LogP contribution in [-0.2, 0) is 9.59 Å². The van der Waals surface area contributed by atoms with Crippen LogP contribution in [0.5, 0.6) is 0 Å². The van der Waals surface area contributed by atoms with Gasteiger partial charge in [0, 0.05) is 6.42 Å². The molecule has 9 N–H and O–H groups in total. The highest BCUT2D eigenvalue weighted by molar-refractivity contribution is 5.82. The van der Waals surface area contributed by atoms with Crippen molar-refractivity contribution < 1.29 is 34.2 Å². The zero-order valence-electron chi connectivity index (χ0n) is 15.2. The maximum atomic E-state index is 12.0. The van der Waals surface area contributed by atoms with Crippen molar-refractivity contribution in [2.75, 3.05) is 13.2 Å². The number of carboxylic acid groups (broad SMARTS) is 2. The number of hydrogen-bond acceptors (Lipinski definition) is 9. The Kier molecular flexibility index (Phi) is 9.84. The van der Waals surface area contributed by atoms with E-state index in [9.17, 15) is 14.4 Å². The number of aromatic nitrogens is 2. The standard InChI is InChI=1S/C15H26N6O7/c16-6-2-1-3-8(17)12-20-13(28-21-12)9(4-5-11(23)24)18-15(27)19-10(7-22)14(25)26/h8-10,22H,1-7,16-17H2,(H,23,24)(H,25,26)(H2,18,19,27)/t8-,9-,10-/m0/s1. The molecule has 0 saturated carbocycles. The first-order valence-corrected chi connectivity index (χ1v) is 8.70. The molecular formula is C15H26N6O7. The summed E-state index contributed by atoms with van der Waals surface area (Å²) in [4.78, 5) is 37.8. The summed E-state index contributed by atoms with van der Waals surface area (Å²) in [6, 6.07) is -3.95. The van der Waals surface area contributed by atoms with Gasteiger partial charge in [-0.2, -0.15) is 4.98 Å². The number of nitrogens with one attached hydrogen (secondary N) is 2. The maximum Gasteiger partial charge on any atom is 0.328 e. The molecule has 28 heavy (non-hydrogen) atoms. The Morgan fingerprint density at radius 2 is 1.86 bits per heavy atom. The third-order valence-electron chi connectivity index (χ3n) is 3.79. The van der Waals surface area contributed by atoms with E-state index in [0.29, 0.717) is 13.0 Å². The lowest BCUT2D eigenvalue weighted by atomic mass is 10.1. The summed E-state index contributed by atoms with van der Waals surface area (Å²) in [5, 5.41) is 34.9. The van der Waals surface area contributed by atoms with Gasteiger partial charge in [0.05, 0.1) is 12.6 Å². The molecule has 0 aliphatic rings. The first-order chi connectivity index (χ1) is 13.3. The molecule has 1 aromatic rings. The lowest BCUT2D eigenvalue weighted by molar-refractivity contribution is -0.140. The van der Waals surface area contributed by atoms with E-state index >= 15 is 0 Å². The summed E-state index contributed by atoms with van der Waals surface area (Å²) in [5.74, 6) is -2.39. The van der Waals surface area contributed by atoms with Gasteiger partial charge in [-0.05, 0) is 25.8 Å². The lowest BCUT2D eigenvalue weighted by Gasteiger charge is -2.17. The highest BCUT2D eigenvalue weighted by Gasteiger charge is 2.26. The number of amides is 2. The van der Waals surface area contributed by atoms with Crippen LogP contribution in [-0.4, -0.2) is 62.6 Å². The molecule has 0 aromatic carbocycles. The molecule has 0 spiro atoms. The number of aliphatic hydroxyl groups excluding tert-OH is 1. The molecule has 158 valence electrons. The Labute approximate surface area is 160 Å². The molecular weight excluding hydrogens is 376 g/mol. The average Bonchev–Trinajstić information content (AvgIpc) is 3.13. The van der Waals surface area contributed by atoms with E-state index in [-0.39, 0.29) is 24.6 Å². The molecule has 2 amide bonds. The quantitative estimate of drug-likeness (QED) is 0.195. The predicted molar refractivity (Wildman–Crippen MR) is 93.9 cm³/mol. The molecule has 13 nitrogen and oxygen atoms in total. The van der Waals surface area contributed by atoms with Crippen molar-refractivity contribution in [3.63, 3.8) is 0 Å². The van der Waals surface area contributed by atoms with Gasteiger partial charge in [-0.25, -0.2) is 9.59 Å². The molecule has 3 atom stereocenters. The van der Waals surface area contributed by atoms with Gasteiger partial charge in [0.25, 0.3) is 0 Å². The molecule has 0 unspecified atom stereocenters. The number of aliphatic carboxylic acids is 2. The minimum Gasteiger partial charge on any atom is -0.481 e. The van der Waals surface area contributed by atoms with Crippen LogP contribution in [0.15, 0.2) is 4.52 Å². The molecule has 1 heterocycles. The summed E-state index contributed by atoms with van der Waals surface area (Å²) in [5.41, 5.74) is 11.4. The van der Waals surface area contributed by atoms with Crippen LogP contribution in [0.4, 0.5) is 4.79 Å². The molecule has 1 aromatic heterocycles. The van der Waals surface area contributed by atoms with Gasteiger partial charge in [-0.3, -0.25) is 4.79 Å². The van der Waals surface area contributed by atoms with E-state index in [4.69, 9.17) is 31.3 Å². The Morgan fingerprint density at radius 3 is 2.43 bits per heavy atom. The number of hydrogen-bond donors (Lipinski definition) is 7. The Hall–Kier alpha value is -2.77. The van der Waals surface area contributed by atoms with E-state index in [1.54, 1.807) is 0 Å². The molecule has 0 bridgehead atoms. The van der Waals surface area contributed by atoms with Gasteiger partial charge in [-0.15, -0.1) is 0 Å². The van der Waals surface area contributed by atoms with E-state index in [1.807, 2.05) is 5.32 Å². The first kappa shape index (κ1) is 23.3. The number of carbonyl (C=O) groups excluding carboxylic acids is 1. The smallest absolute Gasteiger partial charge is 0.328 e. The molecule has 1 rings (SSSR count). The molecule has 0 fully saturated rings. The van der Waals surface area contributed by atoms with Crippen molar-refractivity contribution in [2.24, 2.45) is 11.5 Å². The Balaban J connectivity index is 2.82. The fraction of sp³-hybridized carbons (Fsp3) is 0.667. The lowest BCUT2D eigenvalue weighted by Crippen LogP contribution is -2.48. The molecule has 0 aliphatic heterocycles. The van der Waals surface area contributed by atoms with Crippen LogP contribution < -0.4 is 22.1 Å². The molecule has 13 heteroatoms. The van der Waals surface area contributed by atoms with Gasteiger partial charge >= 0.3 is 18.0 Å². The molecule has 0 radical (unpaired) electrons. The third kappa shape index (κ3) is 7.85. The van der Waals surface area contributed by atoms with Gasteiger partial charge < -0.3 is 41.9 Å². The molecule has 0 saturated heterocycles. The van der Waals surface area contributed by atoms with E-state index in [0.717, 1.165) is 12.8 Å². The summed E-state index contributed by atoms with van der Waals surface area (Å²) in [6.07, 6.45) is 1.73. The second-order valence-corrected chi connectivity index (χ2v) is 6.06. The van der Waals surface area contributed by atoms with Gasteiger partial charge in [0.1, 0.15) is 6.04 Å². The Bertz CT molecular complexity index is 653. The number of nitrogens with two attached hydrogens (primary N) is 2. The van der Waals surface area contributed by atoms with Crippen molar-refractivity contribution in [2.45, 2.75) is 50.2 Å². The van der Waals surface area contributed by atoms with Crippen molar-refractivity contribution in [3.05, 3.63) is 11.7 Å². The zero-order chi connectivity index (χ0) is 21.1. The van der Waals surface area contributed by atoms with E-state index in [2.05, 4.69) is 15.5 Å². The van der Waals surface area contributed by atoms with Gasteiger partial charge in [0.2, 0.25) is 5.89 Å². The summed E-state index contributed by atoms with van der Waals surface area (Å²) in [6.45, 7) is -0.281. The van der Waals surface area contributed by atoms with Gasteiger partial charge in [-0.1, -0.05) is 11.6 Å². The number of aliphatic hydroxyl groups is 1. The minimum atomic E-state index is -1.52. The second kappa shape index (κ2) is 11.8. The zero-order valence-corrected chi connectivity index (χ0v) is 15.2. The fourth-order valence-electron chi connectivity index (χ4n) is 2.25. The van der Waals surface area contributed by atoms with Crippen LogP contribution in [0.2, 0.25) is 0 Å². The van der Waals surface area contributed by atoms with Crippen molar-refractivity contribution in [3.8, 4) is 0 Å². The predicted octanol–water partition coefficient (Wildman–Crippen LogP) is -1.15. The first-order valence-electron chi connectivity index (χ1n) is 8.70. The summed E-state index contributed by atoms with van der Waals surface area (Å²) < 4.78 is 5.10. The van der Waals surface area contributed by atoms with E-state index < -0.39 is 42.7 Å². The number of unbranched alkanes of at least 4 members (excludes halogenated alkanes) is 1. The SMILES string of the molecule is NCCCC[C@H](N)c1noc([C@H](CCC(=O)O)NC(=O)N[C@@H](CO)C(=O)O)n1. The van der Waals surface area contributed by atoms with Gasteiger partial charge in [0.15, 0.2) is 11.9 Å². The van der Waals surface area contributed by atoms with E-state index in [1.165, 1.54) is 0 Å². The van der Waals surface area contributed by atoms with Crippen molar-refractivity contribution in [1.82, 2.24) is 20.8 Å². The second-order valence-electron chi connectivity index (χ2n) is 6.06. The topological polar surface area (TPSA) is 227 Å². The maximum absolute atomic E-state index is 12.0. The highest BCUT2D eigenvalue weighted by atomic mass is 16.5.